The number of carbonyl (C=O) groups excluding carboxylic acids is 3. The van der Waals surface area contributed by atoms with Gasteiger partial charge < -0.3 is 10.6 Å². The molecule has 4 rings (SSSR count). The monoisotopic (exact) mass is 500 g/mol. The molecule has 0 atom stereocenters. The fourth-order valence-electron chi connectivity index (χ4n) is 3.11. The molecular weight excluding hydrogens is 487 g/mol. The highest BCUT2D eigenvalue weighted by atomic mass is 35.5. The van der Waals surface area contributed by atoms with Crippen LogP contribution in [0.1, 0.15) is 10.5 Å². The van der Waals surface area contributed by atoms with E-state index >= 15 is 0 Å². The van der Waals surface area contributed by atoms with Crippen LogP contribution in [-0.2, 0) is 9.59 Å². The molecule has 0 fully saturated rings. The molecule has 33 heavy (non-hydrogen) atoms. The lowest BCUT2D eigenvalue weighted by Gasteiger charge is -2.13. The lowest BCUT2D eigenvalue weighted by molar-refractivity contribution is -0.133. The van der Waals surface area contributed by atoms with E-state index in [2.05, 4.69) is 16.1 Å². The van der Waals surface area contributed by atoms with Crippen LogP contribution in [0.15, 0.2) is 72.8 Å². The maximum atomic E-state index is 13.0. The lowest BCUT2D eigenvalue weighted by Crippen LogP contribution is -2.36. The van der Waals surface area contributed by atoms with Gasteiger partial charge in [-0.1, -0.05) is 40.9 Å². The largest absolute Gasteiger partial charge is 0.328 e. The molecule has 1 aromatic heterocycles. The first-order valence-corrected chi connectivity index (χ1v) is 10.7. The molecule has 0 aliphatic rings. The number of fused-ring (bicyclic) bond motifs is 1. The van der Waals surface area contributed by atoms with E-state index in [0.717, 1.165) is 0 Å². The highest BCUT2D eigenvalue weighted by Crippen LogP contribution is 2.24. The fourth-order valence-corrected chi connectivity index (χ4v) is 3.61. The predicted molar refractivity (Wildman–Crippen MR) is 131 cm³/mol. The molecule has 4 aromatic rings. The molecule has 0 spiro atoms. The predicted octanol–water partition coefficient (Wildman–Crippen LogP) is 5.56. The van der Waals surface area contributed by atoms with Crippen molar-refractivity contribution in [1.29, 1.82) is 0 Å². The minimum Gasteiger partial charge on any atom is -0.321 e. The van der Waals surface area contributed by atoms with Crippen molar-refractivity contribution in [3.63, 3.8) is 0 Å². The van der Waals surface area contributed by atoms with Crippen LogP contribution in [0.2, 0.25) is 15.1 Å². The molecule has 0 aliphatic carbocycles. The van der Waals surface area contributed by atoms with Gasteiger partial charge in [-0.3, -0.25) is 19.8 Å². The van der Waals surface area contributed by atoms with Crippen LogP contribution in [0, 0.1) is 0 Å². The smallest absolute Gasteiger partial charge is 0.321 e. The molecule has 0 bridgehead atoms. The number of hydrogen-bond donors (Lipinski definition) is 3. The molecule has 0 unspecified atom stereocenters. The fraction of sp³-hybridized carbons (Fsp3) is 0. The number of nitrogens with one attached hydrogen (secondary N) is 3. The van der Waals surface area contributed by atoms with Gasteiger partial charge in [0.25, 0.3) is 5.91 Å². The second kappa shape index (κ2) is 9.54. The second-order valence-electron chi connectivity index (χ2n) is 6.93. The van der Waals surface area contributed by atoms with Crippen LogP contribution >= 0.6 is 34.8 Å². The summed E-state index contributed by atoms with van der Waals surface area (Å²) in [5.41, 5.74) is 3.89. The number of rotatable bonds is 4. The van der Waals surface area contributed by atoms with Gasteiger partial charge in [0.05, 0.1) is 5.52 Å². The van der Waals surface area contributed by atoms with Crippen molar-refractivity contribution >= 4 is 74.8 Å². The molecule has 166 valence electrons. The van der Waals surface area contributed by atoms with Crippen LogP contribution in [0.5, 0.6) is 0 Å². The number of carbonyl (C=O) groups is 3. The molecule has 3 N–H and O–H groups in total. The Kier molecular flexibility index (Phi) is 6.55. The Labute approximate surface area is 203 Å². The Morgan fingerprint density at radius 2 is 1.36 bits per heavy atom. The average molecular weight is 502 g/mol. The van der Waals surface area contributed by atoms with Gasteiger partial charge in [0.1, 0.15) is 5.69 Å². The Bertz CT molecular complexity index is 1380. The zero-order valence-corrected chi connectivity index (χ0v) is 19.0. The van der Waals surface area contributed by atoms with E-state index in [4.69, 9.17) is 34.8 Å². The van der Waals surface area contributed by atoms with Gasteiger partial charge in [-0.2, -0.15) is 0 Å². The average Bonchev–Trinajstić information content (AvgIpc) is 3.12. The van der Waals surface area contributed by atoms with Gasteiger partial charge in [-0.15, -0.1) is 0 Å². The van der Waals surface area contributed by atoms with Gasteiger partial charge in [-0.05, 0) is 66.7 Å². The Morgan fingerprint density at radius 1 is 0.667 bits per heavy atom. The first kappa shape index (κ1) is 22.7. The van der Waals surface area contributed by atoms with Crippen molar-refractivity contribution in [3.8, 4) is 0 Å². The molecular formula is C23H15Cl3N4O3. The standard InChI is InChI=1S/C23H15Cl3N4O3/c24-14-4-7-17(8-5-14)27-21(31)20-11-13-10-16(26)6-9-19(13)30(20)29-23(33)22(32)28-18-3-1-2-15(25)12-18/h1-12H,(H,27,31)(H,28,32)(H,29,33). The van der Waals surface area contributed by atoms with Crippen molar-refractivity contribution in [2.24, 2.45) is 0 Å². The number of aromatic nitrogens is 1. The number of anilines is 2. The first-order chi connectivity index (χ1) is 15.8. The molecule has 0 saturated carbocycles. The van der Waals surface area contributed by atoms with Crippen LogP contribution in [0.25, 0.3) is 10.9 Å². The van der Waals surface area contributed by atoms with Crippen molar-refractivity contribution < 1.29 is 14.4 Å². The highest BCUT2D eigenvalue weighted by molar-refractivity contribution is 6.42. The van der Waals surface area contributed by atoms with Crippen LogP contribution < -0.4 is 16.1 Å². The first-order valence-electron chi connectivity index (χ1n) is 9.56. The summed E-state index contributed by atoms with van der Waals surface area (Å²) in [5, 5.41) is 7.17. The maximum Gasteiger partial charge on any atom is 0.328 e. The molecule has 0 radical (unpaired) electrons. The Balaban J connectivity index is 1.62. The highest BCUT2D eigenvalue weighted by Gasteiger charge is 2.21. The molecule has 7 nitrogen and oxygen atoms in total. The summed E-state index contributed by atoms with van der Waals surface area (Å²) in [7, 11) is 0. The van der Waals surface area contributed by atoms with Crippen LogP contribution in [0.4, 0.5) is 11.4 Å². The lowest BCUT2D eigenvalue weighted by atomic mass is 10.2. The Morgan fingerprint density at radius 3 is 2.09 bits per heavy atom. The molecule has 3 aromatic carbocycles. The minimum atomic E-state index is -0.983. The number of hydrogen-bond acceptors (Lipinski definition) is 3. The quantitative estimate of drug-likeness (QED) is 0.320. The zero-order valence-electron chi connectivity index (χ0n) is 16.7. The van der Waals surface area contributed by atoms with Crippen molar-refractivity contribution in [1.82, 2.24) is 4.68 Å². The summed E-state index contributed by atoms with van der Waals surface area (Å²) in [5.74, 6) is -2.43. The minimum absolute atomic E-state index is 0.0890. The van der Waals surface area contributed by atoms with Crippen molar-refractivity contribution in [2.45, 2.75) is 0 Å². The van der Waals surface area contributed by atoms with Gasteiger partial charge >= 0.3 is 11.8 Å². The SMILES string of the molecule is O=C(Nc1cccc(Cl)c1)C(=O)Nn1c(C(=O)Nc2ccc(Cl)cc2)cc2cc(Cl)ccc21. The molecule has 3 amide bonds. The van der Waals surface area contributed by atoms with Crippen LogP contribution in [-0.4, -0.2) is 22.4 Å². The van der Waals surface area contributed by atoms with E-state index in [1.807, 2.05) is 0 Å². The molecule has 1 heterocycles. The van der Waals surface area contributed by atoms with Crippen molar-refractivity contribution in [3.05, 3.63) is 93.6 Å². The topological polar surface area (TPSA) is 92.2 Å². The number of amides is 3. The number of halogens is 3. The summed E-state index contributed by atoms with van der Waals surface area (Å²) < 4.78 is 1.23. The van der Waals surface area contributed by atoms with E-state index in [1.54, 1.807) is 66.7 Å². The molecule has 10 heteroatoms. The maximum absolute atomic E-state index is 13.0. The third kappa shape index (κ3) is 5.28. The molecule has 0 aliphatic heterocycles. The molecule has 0 saturated heterocycles. The number of nitrogens with zero attached hydrogens (tertiary/aromatic N) is 1. The third-order valence-corrected chi connectivity index (χ3v) is 5.32. The van der Waals surface area contributed by atoms with Gasteiger partial charge in [0, 0.05) is 31.8 Å². The third-order valence-electron chi connectivity index (χ3n) is 4.60. The van der Waals surface area contributed by atoms with E-state index < -0.39 is 17.7 Å². The van der Waals surface area contributed by atoms with E-state index in [-0.39, 0.29) is 5.69 Å². The van der Waals surface area contributed by atoms with E-state index in [9.17, 15) is 14.4 Å². The Hall–Kier alpha value is -3.52. The number of benzene rings is 3. The summed E-state index contributed by atoms with van der Waals surface area (Å²) in [6, 6.07) is 19.4. The van der Waals surface area contributed by atoms with Gasteiger partial charge in [0.2, 0.25) is 0 Å². The summed E-state index contributed by atoms with van der Waals surface area (Å²) in [4.78, 5) is 38.1. The normalized spacial score (nSPS) is 10.6. The summed E-state index contributed by atoms with van der Waals surface area (Å²) >= 11 is 17.9. The van der Waals surface area contributed by atoms with E-state index in [0.29, 0.717) is 37.3 Å². The second-order valence-corrected chi connectivity index (χ2v) is 8.24. The van der Waals surface area contributed by atoms with Crippen molar-refractivity contribution in [2.75, 3.05) is 16.1 Å². The summed E-state index contributed by atoms with van der Waals surface area (Å²) in [6.07, 6.45) is 0. The van der Waals surface area contributed by atoms with Gasteiger partial charge in [-0.25, -0.2) is 4.68 Å². The van der Waals surface area contributed by atoms with Gasteiger partial charge in [0.15, 0.2) is 0 Å². The van der Waals surface area contributed by atoms with E-state index in [1.165, 1.54) is 10.7 Å². The zero-order chi connectivity index (χ0) is 23.5. The summed E-state index contributed by atoms with van der Waals surface area (Å²) in [6.45, 7) is 0. The van der Waals surface area contributed by atoms with Crippen LogP contribution in [0.3, 0.4) is 0 Å².